The Labute approximate surface area is 216 Å². The van der Waals surface area contributed by atoms with Crippen molar-refractivity contribution in [1.29, 1.82) is 0 Å². The number of carbonyl (C=O) groups is 1. The van der Waals surface area contributed by atoms with Gasteiger partial charge in [0.1, 0.15) is 18.1 Å². The number of hydrogen-bond acceptors (Lipinski definition) is 3. The van der Waals surface area contributed by atoms with Gasteiger partial charge in [0.2, 0.25) is 0 Å². The van der Waals surface area contributed by atoms with Crippen LogP contribution in [0.5, 0.6) is 5.75 Å². The normalized spacial score (nSPS) is 17.2. The average Bonchev–Trinajstić information content (AvgIpc) is 3.56. The zero-order valence-electron chi connectivity index (χ0n) is 20.4. The molecule has 36 heavy (non-hydrogen) atoms. The molecule has 1 aliphatic rings. The Bertz CT molecular complexity index is 1330. The lowest BCUT2D eigenvalue weighted by atomic mass is 9.83. The maximum Gasteiger partial charge on any atom is 0.352 e. The number of aromatic carboxylic acids is 1. The zero-order chi connectivity index (χ0) is 25.1. The van der Waals surface area contributed by atoms with Crippen LogP contribution in [0.2, 0.25) is 0 Å². The third-order valence-corrected chi connectivity index (χ3v) is 7.38. The Morgan fingerprint density at radius 2 is 1.75 bits per heavy atom. The molecule has 1 saturated heterocycles. The maximum atomic E-state index is 13.0. The third-order valence-electron chi connectivity index (χ3n) is 7.22. The summed E-state index contributed by atoms with van der Waals surface area (Å²) in [5.41, 5.74) is 4.19. The van der Waals surface area contributed by atoms with Crippen molar-refractivity contribution in [1.82, 2.24) is 9.88 Å². The van der Waals surface area contributed by atoms with Gasteiger partial charge in [-0.05, 0) is 55.6 Å². The number of rotatable bonds is 9. The Morgan fingerprint density at radius 1 is 1.06 bits per heavy atom. The molecule has 2 heterocycles. The first-order valence-electron chi connectivity index (χ1n) is 12.5. The number of carboxylic acid groups (broad SMARTS) is 1. The molecule has 1 fully saturated rings. The van der Waals surface area contributed by atoms with E-state index in [1.807, 2.05) is 65.2 Å². The number of benzene rings is 3. The summed E-state index contributed by atoms with van der Waals surface area (Å²) in [6.07, 6.45) is 2.14. The molecule has 0 spiro atoms. The SMILES string of the molecule is CC(C1CCCN1)n1c(C(=O)O)c(C(c2ccccc2)c2ccc(OCCCl)cc2)c2ccccc21. The van der Waals surface area contributed by atoms with E-state index in [1.54, 1.807) is 0 Å². The van der Waals surface area contributed by atoms with E-state index >= 15 is 0 Å². The molecule has 2 N–H and O–H groups in total. The fourth-order valence-electron chi connectivity index (χ4n) is 5.61. The van der Waals surface area contributed by atoms with Gasteiger partial charge in [0.05, 0.1) is 5.88 Å². The molecular weight excluding hydrogens is 472 g/mol. The van der Waals surface area contributed by atoms with Gasteiger partial charge in [0, 0.05) is 34.5 Å². The second kappa shape index (κ2) is 10.8. The number of carboxylic acids is 1. The number of halogens is 1. The number of hydrogen-bond donors (Lipinski definition) is 2. The average molecular weight is 503 g/mol. The Kier molecular flexibility index (Phi) is 7.30. The maximum absolute atomic E-state index is 13.0. The first kappa shape index (κ1) is 24.4. The van der Waals surface area contributed by atoms with E-state index in [0.717, 1.165) is 52.7 Å². The molecular formula is C30H31ClN2O3. The summed E-state index contributed by atoms with van der Waals surface area (Å²) in [5, 5.41) is 15.2. The van der Waals surface area contributed by atoms with Crippen LogP contribution in [-0.2, 0) is 0 Å². The van der Waals surface area contributed by atoms with Gasteiger partial charge in [0.15, 0.2) is 0 Å². The van der Waals surface area contributed by atoms with Crippen molar-refractivity contribution < 1.29 is 14.6 Å². The number of fused-ring (bicyclic) bond motifs is 1. The molecule has 186 valence electrons. The van der Waals surface area contributed by atoms with Crippen LogP contribution in [0.4, 0.5) is 0 Å². The quantitative estimate of drug-likeness (QED) is 0.258. The van der Waals surface area contributed by atoms with Gasteiger partial charge in [-0.2, -0.15) is 0 Å². The van der Waals surface area contributed by atoms with E-state index in [9.17, 15) is 9.90 Å². The summed E-state index contributed by atoms with van der Waals surface area (Å²) in [7, 11) is 0. The van der Waals surface area contributed by atoms with Crippen molar-refractivity contribution in [3.63, 3.8) is 0 Å². The topological polar surface area (TPSA) is 63.5 Å². The number of nitrogens with zero attached hydrogens (tertiary/aromatic N) is 1. The Balaban J connectivity index is 1.74. The highest BCUT2D eigenvalue weighted by molar-refractivity contribution is 6.18. The summed E-state index contributed by atoms with van der Waals surface area (Å²) in [5.74, 6) is 0.000480. The first-order valence-corrected chi connectivity index (χ1v) is 13.1. The minimum absolute atomic E-state index is 0.00000192. The van der Waals surface area contributed by atoms with Crippen LogP contribution in [0, 0.1) is 0 Å². The van der Waals surface area contributed by atoms with Crippen LogP contribution in [0.25, 0.3) is 10.9 Å². The molecule has 3 aromatic carbocycles. The van der Waals surface area contributed by atoms with Gasteiger partial charge < -0.3 is 19.7 Å². The van der Waals surface area contributed by atoms with Crippen LogP contribution in [0.1, 0.15) is 58.9 Å². The van der Waals surface area contributed by atoms with Crippen LogP contribution in [0.3, 0.4) is 0 Å². The molecule has 0 saturated carbocycles. The summed E-state index contributed by atoms with van der Waals surface area (Å²) < 4.78 is 7.73. The van der Waals surface area contributed by atoms with Crippen LogP contribution in [0.15, 0.2) is 78.9 Å². The summed E-state index contributed by atoms with van der Waals surface area (Å²) in [4.78, 5) is 13.0. The largest absolute Gasteiger partial charge is 0.492 e. The minimum atomic E-state index is -0.908. The smallest absolute Gasteiger partial charge is 0.352 e. The second-order valence-electron chi connectivity index (χ2n) is 9.35. The van der Waals surface area contributed by atoms with Crippen LogP contribution >= 0.6 is 11.6 Å². The van der Waals surface area contributed by atoms with Gasteiger partial charge in [-0.15, -0.1) is 11.6 Å². The molecule has 4 aromatic rings. The zero-order valence-corrected chi connectivity index (χ0v) is 21.1. The molecule has 0 amide bonds. The molecule has 6 heteroatoms. The van der Waals surface area contributed by atoms with Crippen LogP contribution in [-0.4, -0.2) is 40.7 Å². The summed E-state index contributed by atoms with van der Waals surface area (Å²) in [6, 6.07) is 26.4. The van der Waals surface area contributed by atoms with E-state index < -0.39 is 5.97 Å². The van der Waals surface area contributed by atoms with Crippen molar-refractivity contribution >= 4 is 28.5 Å². The molecule has 0 aliphatic carbocycles. The van der Waals surface area contributed by atoms with Crippen molar-refractivity contribution in [2.75, 3.05) is 19.0 Å². The molecule has 0 radical (unpaired) electrons. The fraction of sp³-hybridized carbons (Fsp3) is 0.300. The number of para-hydroxylation sites is 1. The predicted molar refractivity (Wildman–Crippen MR) is 145 cm³/mol. The van der Waals surface area contributed by atoms with E-state index in [-0.39, 0.29) is 18.0 Å². The first-order chi connectivity index (χ1) is 17.6. The van der Waals surface area contributed by atoms with Crippen molar-refractivity contribution in [2.45, 2.75) is 37.8 Å². The minimum Gasteiger partial charge on any atom is -0.492 e. The lowest BCUT2D eigenvalue weighted by Gasteiger charge is -2.25. The molecule has 1 aliphatic heterocycles. The lowest BCUT2D eigenvalue weighted by Crippen LogP contribution is -2.32. The van der Waals surface area contributed by atoms with Gasteiger partial charge in [-0.3, -0.25) is 0 Å². The van der Waals surface area contributed by atoms with Crippen molar-refractivity contribution in [2.24, 2.45) is 0 Å². The predicted octanol–water partition coefficient (Wildman–Crippen LogP) is 6.45. The van der Waals surface area contributed by atoms with Crippen molar-refractivity contribution in [3.05, 3.63) is 101 Å². The molecule has 0 bridgehead atoms. The van der Waals surface area contributed by atoms with E-state index in [1.165, 1.54) is 0 Å². The molecule has 5 rings (SSSR count). The summed E-state index contributed by atoms with van der Waals surface area (Å²) in [6.45, 7) is 3.53. The lowest BCUT2D eigenvalue weighted by molar-refractivity contribution is 0.0681. The molecule has 3 atom stereocenters. The van der Waals surface area contributed by atoms with Gasteiger partial charge >= 0.3 is 5.97 Å². The van der Waals surface area contributed by atoms with E-state index in [4.69, 9.17) is 16.3 Å². The fourth-order valence-corrected chi connectivity index (χ4v) is 5.69. The Morgan fingerprint density at radius 3 is 2.42 bits per heavy atom. The highest BCUT2D eigenvalue weighted by Crippen LogP contribution is 2.42. The highest BCUT2D eigenvalue weighted by Gasteiger charge is 2.34. The van der Waals surface area contributed by atoms with Gasteiger partial charge in [-0.25, -0.2) is 4.79 Å². The number of alkyl halides is 1. The number of nitrogens with one attached hydrogen (secondary N) is 1. The molecule has 3 unspecified atom stereocenters. The van der Waals surface area contributed by atoms with Gasteiger partial charge in [0.25, 0.3) is 0 Å². The summed E-state index contributed by atoms with van der Waals surface area (Å²) >= 11 is 5.78. The molecule has 5 nitrogen and oxygen atoms in total. The van der Waals surface area contributed by atoms with Crippen molar-refractivity contribution in [3.8, 4) is 5.75 Å². The monoisotopic (exact) mass is 502 g/mol. The van der Waals surface area contributed by atoms with E-state index in [0.29, 0.717) is 18.2 Å². The standard InChI is InChI=1S/C30H31ClN2O3/c1-20(25-11-7-18-32-25)33-26-12-6-5-10-24(26)28(29(33)30(34)35)27(21-8-3-2-4-9-21)22-13-15-23(16-14-22)36-19-17-31/h2-6,8-10,12-16,20,25,27,32H,7,11,17-19H2,1H3,(H,34,35). The third kappa shape index (κ3) is 4.61. The van der Waals surface area contributed by atoms with Gasteiger partial charge in [-0.1, -0.05) is 60.7 Å². The number of ether oxygens (including phenoxy) is 1. The Hall–Kier alpha value is -3.28. The van der Waals surface area contributed by atoms with E-state index in [2.05, 4.69) is 30.4 Å². The highest BCUT2D eigenvalue weighted by atomic mass is 35.5. The molecule has 1 aromatic heterocycles. The second-order valence-corrected chi connectivity index (χ2v) is 9.73. The van der Waals surface area contributed by atoms with Crippen LogP contribution < -0.4 is 10.1 Å². The number of aromatic nitrogens is 1.